The average Bonchev–Trinajstić information content (AvgIpc) is 2.62. The first-order chi connectivity index (χ1) is 11.6. The van der Waals surface area contributed by atoms with E-state index in [9.17, 15) is 5.11 Å². The molecule has 0 radical (unpaired) electrons. The maximum absolute atomic E-state index is 10.2. The highest BCUT2D eigenvalue weighted by Crippen LogP contribution is 2.13. The van der Waals surface area contributed by atoms with Gasteiger partial charge in [-0.1, -0.05) is 37.3 Å². The molecule has 0 amide bonds. The Bertz CT molecular complexity index is 409. The van der Waals surface area contributed by atoms with Gasteiger partial charge >= 0.3 is 0 Å². The van der Waals surface area contributed by atoms with Gasteiger partial charge in [0.25, 0.3) is 0 Å². The van der Waals surface area contributed by atoms with Crippen LogP contribution < -0.4 is 5.32 Å². The number of hydrogen-bond acceptors (Lipinski definition) is 6. The number of rotatable bonds is 13. The molecule has 0 saturated carbocycles. The molecule has 2 N–H and O–H groups in total. The molecule has 6 heteroatoms. The minimum Gasteiger partial charge on any atom is -0.380 e. The Hall–Kier alpha value is -1.02. The van der Waals surface area contributed by atoms with E-state index in [4.69, 9.17) is 18.9 Å². The zero-order valence-corrected chi connectivity index (χ0v) is 15.1. The van der Waals surface area contributed by atoms with Crippen LogP contribution >= 0.6 is 0 Å². The second kappa shape index (κ2) is 12.4. The van der Waals surface area contributed by atoms with Gasteiger partial charge < -0.3 is 29.4 Å². The molecule has 24 heavy (non-hydrogen) atoms. The Labute approximate surface area is 145 Å². The summed E-state index contributed by atoms with van der Waals surface area (Å²) in [5.74, 6) is 0. The van der Waals surface area contributed by atoms with Crippen LogP contribution in [0.3, 0.4) is 0 Å². The van der Waals surface area contributed by atoms with Crippen LogP contribution in [0, 0.1) is 0 Å². The second-order valence-corrected chi connectivity index (χ2v) is 5.59. The highest BCUT2D eigenvalue weighted by molar-refractivity contribution is 5.13. The Morgan fingerprint density at radius 1 is 1.04 bits per heavy atom. The highest BCUT2D eigenvalue weighted by Gasteiger charge is 2.24. The first-order valence-corrected chi connectivity index (χ1v) is 8.29. The van der Waals surface area contributed by atoms with E-state index in [1.54, 1.807) is 21.3 Å². The van der Waals surface area contributed by atoms with Crippen molar-refractivity contribution in [1.29, 1.82) is 0 Å². The second-order valence-electron chi connectivity index (χ2n) is 5.59. The summed E-state index contributed by atoms with van der Waals surface area (Å²) in [7, 11) is 4.86. The summed E-state index contributed by atoms with van der Waals surface area (Å²) in [6, 6.07) is 9.71. The fourth-order valence-electron chi connectivity index (χ4n) is 2.54. The van der Waals surface area contributed by atoms with Crippen LogP contribution in [0.2, 0.25) is 0 Å². The zero-order chi connectivity index (χ0) is 17.8. The molecule has 0 bridgehead atoms. The molecular weight excluding hydrogens is 310 g/mol. The quantitative estimate of drug-likeness (QED) is 0.534. The van der Waals surface area contributed by atoms with E-state index < -0.39 is 6.29 Å². The molecule has 0 aliphatic heterocycles. The SMILES string of the molecule is CCC(OC)C(CC(O)OCc1ccccc1)NCC(OC)OC. The topological polar surface area (TPSA) is 69.2 Å². The standard InChI is InChI=1S/C18H31NO5/c1-5-16(21-2)15(19-12-18(22-3)23-4)11-17(20)24-13-14-9-7-6-8-10-14/h6-10,15-20H,5,11-13H2,1-4H3. The third-order valence-electron chi connectivity index (χ3n) is 3.97. The molecule has 0 aromatic heterocycles. The molecular formula is C18H31NO5. The smallest absolute Gasteiger partial charge is 0.169 e. The molecule has 6 nitrogen and oxygen atoms in total. The summed E-state index contributed by atoms with van der Waals surface area (Å²) < 4.78 is 21.4. The lowest BCUT2D eigenvalue weighted by atomic mass is 10.0. The van der Waals surface area contributed by atoms with Gasteiger partial charge in [-0.3, -0.25) is 0 Å². The lowest BCUT2D eigenvalue weighted by Crippen LogP contribution is -2.46. The molecule has 0 aliphatic rings. The third-order valence-corrected chi connectivity index (χ3v) is 3.97. The predicted molar refractivity (Wildman–Crippen MR) is 92.5 cm³/mol. The van der Waals surface area contributed by atoms with E-state index in [2.05, 4.69) is 5.32 Å². The molecule has 3 atom stereocenters. The van der Waals surface area contributed by atoms with Gasteiger partial charge in [0, 0.05) is 40.3 Å². The Morgan fingerprint density at radius 3 is 2.25 bits per heavy atom. The molecule has 0 heterocycles. The van der Waals surface area contributed by atoms with Crippen molar-refractivity contribution in [2.45, 2.75) is 51.1 Å². The van der Waals surface area contributed by atoms with Crippen molar-refractivity contribution in [3.8, 4) is 0 Å². The van der Waals surface area contributed by atoms with Crippen LogP contribution in [0.1, 0.15) is 25.3 Å². The van der Waals surface area contributed by atoms with Crippen molar-refractivity contribution in [1.82, 2.24) is 5.32 Å². The number of ether oxygens (including phenoxy) is 4. The van der Waals surface area contributed by atoms with E-state index in [1.165, 1.54) is 0 Å². The molecule has 0 fully saturated rings. The van der Waals surface area contributed by atoms with Gasteiger partial charge in [0.2, 0.25) is 0 Å². The number of aliphatic hydroxyl groups excluding tert-OH is 1. The van der Waals surface area contributed by atoms with Crippen LogP contribution in [0.25, 0.3) is 0 Å². The number of nitrogens with one attached hydrogen (secondary N) is 1. The Balaban J connectivity index is 2.52. The summed E-state index contributed by atoms with van der Waals surface area (Å²) in [5.41, 5.74) is 1.03. The monoisotopic (exact) mass is 341 g/mol. The maximum Gasteiger partial charge on any atom is 0.169 e. The van der Waals surface area contributed by atoms with E-state index in [1.807, 2.05) is 37.3 Å². The van der Waals surface area contributed by atoms with E-state index >= 15 is 0 Å². The molecule has 0 aliphatic carbocycles. The normalized spacial score (nSPS) is 15.4. The fraction of sp³-hybridized carbons (Fsp3) is 0.667. The summed E-state index contributed by atoms with van der Waals surface area (Å²) >= 11 is 0. The van der Waals surface area contributed by atoms with Crippen molar-refractivity contribution >= 4 is 0 Å². The van der Waals surface area contributed by atoms with Gasteiger partial charge in [0.1, 0.15) is 0 Å². The molecule has 1 rings (SSSR count). The van der Waals surface area contributed by atoms with Gasteiger partial charge in [0.05, 0.1) is 12.7 Å². The summed E-state index contributed by atoms with van der Waals surface area (Å²) in [5, 5.41) is 13.6. The van der Waals surface area contributed by atoms with E-state index in [0.29, 0.717) is 19.6 Å². The lowest BCUT2D eigenvalue weighted by molar-refractivity contribution is -0.128. The van der Waals surface area contributed by atoms with E-state index in [-0.39, 0.29) is 18.4 Å². The Morgan fingerprint density at radius 2 is 1.71 bits per heavy atom. The minimum atomic E-state index is -0.879. The van der Waals surface area contributed by atoms with Crippen LogP contribution in [-0.2, 0) is 25.6 Å². The average molecular weight is 341 g/mol. The first kappa shape index (κ1) is 21.0. The maximum atomic E-state index is 10.2. The number of hydrogen-bond donors (Lipinski definition) is 2. The van der Waals surface area contributed by atoms with Crippen LogP contribution in [0.4, 0.5) is 0 Å². The summed E-state index contributed by atoms with van der Waals surface area (Å²) in [4.78, 5) is 0. The Kier molecular flexibility index (Phi) is 10.8. The molecule has 0 spiro atoms. The van der Waals surface area contributed by atoms with Crippen molar-refractivity contribution in [3.05, 3.63) is 35.9 Å². The number of methoxy groups -OCH3 is 3. The first-order valence-electron chi connectivity index (χ1n) is 8.29. The van der Waals surface area contributed by atoms with Gasteiger partial charge in [-0.2, -0.15) is 0 Å². The highest BCUT2D eigenvalue weighted by atomic mass is 16.7. The van der Waals surface area contributed by atoms with E-state index in [0.717, 1.165) is 12.0 Å². The minimum absolute atomic E-state index is 0.0330. The van der Waals surface area contributed by atoms with Crippen molar-refractivity contribution in [3.63, 3.8) is 0 Å². The van der Waals surface area contributed by atoms with Gasteiger partial charge in [-0.25, -0.2) is 0 Å². The molecule has 1 aromatic carbocycles. The summed E-state index contributed by atoms with van der Waals surface area (Å²) in [6.45, 7) is 2.92. The van der Waals surface area contributed by atoms with Crippen molar-refractivity contribution in [2.24, 2.45) is 0 Å². The number of benzene rings is 1. The predicted octanol–water partition coefficient (Wildman–Crippen LogP) is 1.91. The van der Waals surface area contributed by atoms with Gasteiger partial charge in [0.15, 0.2) is 12.6 Å². The van der Waals surface area contributed by atoms with Crippen LogP contribution in [-0.4, -0.2) is 57.7 Å². The van der Waals surface area contributed by atoms with Gasteiger partial charge in [-0.15, -0.1) is 0 Å². The van der Waals surface area contributed by atoms with Crippen LogP contribution in [0.15, 0.2) is 30.3 Å². The third kappa shape index (κ3) is 7.70. The molecule has 0 saturated heterocycles. The zero-order valence-electron chi connectivity index (χ0n) is 15.1. The summed E-state index contributed by atoms with van der Waals surface area (Å²) in [6.07, 6.45) is -0.0159. The lowest BCUT2D eigenvalue weighted by Gasteiger charge is -2.29. The fourth-order valence-corrected chi connectivity index (χ4v) is 2.54. The molecule has 138 valence electrons. The van der Waals surface area contributed by atoms with Crippen LogP contribution in [0.5, 0.6) is 0 Å². The number of aliphatic hydroxyl groups is 1. The largest absolute Gasteiger partial charge is 0.380 e. The molecule has 1 aromatic rings. The van der Waals surface area contributed by atoms with Crippen molar-refractivity contribution in [2.75, 3.05) is 27.9 Å². The van der Waals surface area contributed by atoms with Crippen molar-refractivity contribution < 1.29 is 24.1 Å². The molecule has 3 unspecified atom stereocenters. The van der Waals surface area contributed by atoms with Gasteiger partial charge in [-0.05, 0) is 12.0 Å².